The molecule has 0 spiro atoms. The Morgan fingerprint density at radius 3 is 2.54 bits per heavy atom. The molecule has 2 aliphatic rings. The predicted molar refractivity (Wildman–Crippen MR) is 159 cm³/mol. The number of fused-ring (bicyclic) bond motifs is 1. The summed E-state index contributed by atoms with van der Waals surface area (Å²) in [6, 6.07) is 24.8. The molecule has 3 aromatic carbocycles. The molecule has 0 aliphatic carbocycles. The minimum absolute atomic E-state index is 0.0348. The zero-order chi connectivity index (χ0) is 26.8. The molecule has 2 aliphatic heterocycles. The molecule has 202 valence electrons. The molecule has 0 bridgehead atoms. The van der Waals surface area contributed by atoms with Crippen LogP contribution in [0, 0.1) is 5.92 Å². The van der Waals surface area contributed by atoms with Gasteiger partial charge in [-0.2, -0.15) is 0 Å². The number of carbonyl (C=O) groups is 1. The van der Waals surface area contributed by atoms with Gasteiger partial charge >= 0.3 is 0 Å². The van der Waals surface area contributed by atoms with Gasteiger partial charge in [-0.3, -0.25) is 14.3 Å². The van der Waals surface area contributed by atoms with Crippen LogP contribution in [-0.2, 0) is 11.3 Å². The number of hydrogen-bond donors (Lipinski definition) is 0. The minimum Gasteiger partial charge on any atom is -0.497 e. The molecule has 1 aromatic heterocycles. The topological polar surface area (TPSA) is 53.8 Å². The van der Waals surface area contributed by atoms with Crippen LogP contribution in [0.3, 0.4) is 0 Å². The third-order valence-electron chi connectivity index (χ3n) is 7.94. The number of aromatic nitrogens is 2. The van der Waals surface area contributed by atoms with E-state index < -0.39 is 0 Å². The molecular formula is C31H34BrN5O2. The number of methoxy groups -OCH3 is 1. The lowest BCUT2D eigenvalue weighted by molar-refractivity contribution is -0.137. The summed E-state index contributed by atoms with van der Waals surface area (Å²) in [7, 11) is 1.69. The lowest BCUT2D eigenvalue weighted by Gasteiger charge is -2.39. The first kappa shape index (κ1) is 25.9. The van der Waals surface area contributed by atoms with Gasteiger partial charge in [-0.05, 0) is 67.9 Å². The molecule has 0 unspecified atom stereocenters. The van der Waals surface area contributed by atoms with Crippen molar-refractivity contribution in [3.05, 3.63) is 83.1 Å². The lowest BCUT2D eigenvalue weighted by atomic mass is 9.96. The van der Waals surface area contributed by atoms with E-state index >= 15 is 0 Å². The number of benzene rings is 3. The van der Waals surface area contributed by atoms with E-state index in [1.807, 2.05) is 18.2 Å². The number of nitrogens with zero attached hydrogens (tertiary/aromatic N) is 5. The Morgan fingerprint density at radius 1 is 0.949 bits per heavy atom. The van der Waals surface area contributed by atoms with Gasteiger partial charge in [-0.25, -0.2) is 4.98 Å². The molecule has 4 aromatic rings. The van der Waals surface area contributed by atoms with Crippen LogP contribution in [0.1, 0.15) is 18.7 Å². The number of imidazole rings is 1. The number of hydrogen-bond acceptors (Lipinski definition) is 5. The Hall–Kier alpha value is -3.36. The summed E-state index contributed by atoms with van der Waals surface area (Å²) in [5.41, 5.74) is 4.35. The van der Waals surface area contributed by atoms with Crippen molar-refractivity contribution in [2.75, 3.05) is 51.3 Å². The summed E-state index contributed by atoms with van der Waals surface area (Å²) in [6.45, 7) is 5.67. The largest absolute Gasteiger partial charge is 0.497 e. The number of piperidine rings is 1. The third-order valence-corrected chi connectivity index (χ3v) is 8.47. The smallest absolute Gasteiger partial charge is 0.227 e. The van der Waals surface area contributed by atoms with Crippen molar-refractivity contribution < 1.29 is 9.53 Å². The van der Waals surface area contributed by atoms with Gasteiger partial charge in [0.05, 0.1) is 30.6 Å². The van der Waals surface area contributed by atoms with E-state index in [-0.39, 0.29) is 5.92 Å². The number of para-hydroxylation sites is 2. The quantitative estimate of drug-likeness (QED) is 0.304. The summed E-state index contributed by atoms with van der Waals surface area (Å²) in [6.07, 6.45) is 1.98. The first-order valence-electron chi connectivity index (χ1n) is 13.7. The number of amides is 1. The number of carbonyl (C=O) groups excluding carboxylic acids is 1. The number of ether oxygens (including phenoxy) is 1. The van der Waals surface area contributed by atoms with E-state index in [0.717, 1.165) is 97.1 Å². The van der Waals surface area contributed by atoms with Crippen molar-refractivity contribution >= 4 is 38.6 Å². The number of halogens is 1. The monoisotopic (exact) mass is 587 g/mol. The highest BCUT2D eigenvalue weighted by atomic mass is 79.9. The van der Waals surface area contributed by atoms with Crippen LogP contribution in [0.15, 0.2) is 77.3 Å². The van der Waals surface area contributed by atoms with Crippen molar-refractivity contribution in [3.63, 3.8) is 0 Å². The van der Waals surface area contributed by atoms with Crippen molar-refractivity contribution in [2.24, 2.45) is 5.92 Å². The zero-order valence-electron chi connectivity index (χ0n) is 22.3. The molecule has 6 rings (SSSR count). The highest BCUT2D eigenvalue weighted by Gasteiger charge is 2.32. The summed E-state index contributed by atoms with van der Waals surface area (Å²) >= 11 is 3.55. The van der Waals surface area contributed by atoms with Gasteiger partial charge in [0.15, 0.2) is 0 Å². The van der Waals surface area contributed by atoms with Crippen LogP contribution in [-0.4, -0.2) is 71.6 Å². The van der Waals surface area contributed by atoms with E-state index in [9.17, 15) is 4.79 Å². The molecule has 0 radical (unpaired) electrons. The maximum Gasteiger partial charge on any atom is 0.227 e. The molecule has 8 heteroatoms. The molecule has 7 nitrogen and oxygen atoms in total. The summed E-state index contributed by atoms with van der Waals surface area (Å²) < 4.78 is 8.70. The van der Waals surface area contributed by atoms with E-state index in [0.29, 0.717) is 5.91 Å². The van der Waals surface area contributed by atoms with Crippen molar-refractivity contribution in [3.8, 4) is 11.4 Å². The zero-order valence-corrected chi connectivity index (χ0v) is 23.9. The highest BCUT2D eigenvalue weighted by molar-refractivity contribution is 9.10. The average Bonchev–Trinajstić information content (AvgIpc) is 3.35. The Morgan fingerprint density at radius 2 is 1.74 bits per heavy atom. The number of piperazine rings is 1. The van der Waals surface area contributed by atoms with E-state index in [4.69, 9.17) is 9.72 Å². The molecule has 2 saturated heterocycles. The Balaban J connectivity index is 1.13. The molecule has 0 saturated carbocycles. The fourth-order valence-electron chi connectivity index (χ4n) is 5.91. The van der Waals surface area contributed by atoms with Gasteiger partial charge in [-0.15, -0.1) is 0 Å². The molecule has 0 N–H and O–H groups in total. The summed E-state index contributed by atoms with van der Waals surface area (Å²) in [5, 5.41) is 0. The second-order valence-corrected chi connectivity index (χ2v) is 11.3. The normalized spacial score (nSPS) is 18.5. The molecule has 1 amide bonds. The lowest BCUT2D eigenvalue weighted by Crippen LogP contribution is -2.52. The molecule has 3 heterocycles. The number of rotatable bonds is 6. The van der Waals surface area contributed by atoms with Crippen LogP contribution >= 0.6 is 15.9 Å². The van der Waals surface area contributed by atoms with E-state index in [2.05, 4.69) is 89.8 Å². The van der Waals surface area contributed by atoms with Crippen LogP contribution in [0.2, 0.25) is 0 Å². The van der Waals surface area contributed by atoms with Crippen LogP contribution in [0.4, 0.5) is 5.69 Å². The van der Waals surface area contributed by atoms with Gasteiger partial charge < -0.3 is 14.5 Å². The average molecular weight is 589 g/mol. The first-order valence-corrected chi connectivity index (χ1v) is 14.5. The maximum atomic E-state index is 13.6. The Kier molecular flexibility index (Phi) is 7.57. The van der Waals surface area contributed by atoms with E-state index in [1.54, 1.807) is 7.11 Å². The van der Waals surface area contributed by atoms with Crippen molar-refractivity contribution in [1.82, 2.24) is 19.4 Å². The van der Waals surface area contributed by atoms with Gasteiger partial charge in [0.25, 0.3) is 0 Å². The van der Waals surface area contributed by atoms with Gasteiger partial charge in [0, 0.05) is 54.6 Å². The van der Waals surface area contributed by atoms with Gasteiger partial charge in [0.2, 0.25) is 5.91 Å². The molecule has 1 atom stereocenters. The summed E-state index contributed by atoms with van der Waals surface area (Å²) in [5.74, 6) is 2.21. The molecular weight excluding hydrogens is 554 g/mol. The number of likely N-dealkylation sites (tertiary alicyclic amines) is 1. The fourth-order valence-corrected chi connectivity index (χ4v) is 6.18. The highest BCUT2D eigenvalue weighted by Crippen LogP contribution is 2.27. The molecule has 2 fully saturated rings. The first-order chi connectivity index (χ1) is 19.1. The van der Waals surface area contributed by atoms with Gasteiger partial charge in [0.1, 0.15) is 11.6 Å². The maximum absolute atomic E-state index is 13.6. The van der Waals surface area contributed by atoms with Crippen LogP contribution in [0.5, 0.6) is 5.75 Å². The van der Waals surface area contributed by atoms with Crippen molar-refractivity contribution in [2.45, 2.75) is 19.4 Å². The SMILES string of the molecule is COc1cccc(N2CCN(C(=O)[C@H]3CCCN(Cc4nc5ccccc5n4-c4ccc(Br)cc4)C3)CC2)c1. The Bertz CT molecular complexity index is 1450. The Labute approximate surface area is 238 Å². The standard InChI is InChI=1S/C31H34BrN5O2/c1-39-27-8-4-7-26(20-27)35-16-18-36(19-17-35)31(38)23-6-5-15-34(21-23)22-30-33-28-9-2-3-10-29(28)37(30)25-13-11-24(32)12-14-25/h2-4,7-14,20,23H,5-6,15-19,21-22H2,1H3/t23-/m0/s1. The van der Waals surface area contributed by atoms with E-state index in [1.165, 1.54) is 0 Å². The predicted octanol–water partition coefficient (Wildman–Crippen LogP) is 5.36. The minimum atomic E-state index is 0.0348. The van der Waals surface area contributed by atoms with Crippen LogP contribution < -0.4 is 9.64 Å². The number of anilines is 1. The molecule has 39 heavy (non-hydrogen) atoms. The van der Waals surface area contributed by atoms with Crippen molar-refractivity contribution in [1.29, 1.82) is 0 Å². The summed E-state index contributed by atoms with van der Waals surface area (Å²) in [4.78, 5) is 25.4. The van der Waals surface area contributed by atoms with Gasteiger partial charge in [-0.1, -0.05) is 34.1 Å². The second kappa shape index (κ2) is 11.4. The fraction of sp³-hybridized carbons (Fsp3) is 0.355. The third kappa shape index (κ3) is 5.54. The van der Waals surface area contributed by atoms with Crippen LogP contribution in [0.25, 0.3) is 16.7 Å². The second-order valence-electron chi connectivity index (χ2n) is 10.4.